The zero-order chi connectivity index (χ0) is 39.8. The molecule has 1 atom stereocenters. The maximum atomic E-state index is 12.4. The number of hydrogen-bond donors (Lipinski definition) is 2. The number of carbonyl (C=O) groups excluding carboxylic acids is 5. The fraction of sp³-hybridized carbons (Fsp3) is 0.875. The second-order valence-corrected chi connectivity index (χ2v) is 19.6. The first-order valence-electron chi connectivity index (χ1n) is 17.8. The van der Waals surface area contributed by atoms with Crippen molar-refractivity contribution in [1.82, 2.24) is 5.32 Å². The number of alkyl halides is 2. The first kappa shape index (κ1) is 51.3. The number of halogens is 2. The second kappa shape index (κ2) is 21.4. The number of amides is 1. The molecule has 0 bridgehead atoms. The third-order valence-corrected chi connectivity index (χ3v) is 6.69. The van der Waals surface area contributed by atoms with Crippen molar-refractivity contribution in [3.8, 4) is 0 Å². The van der Waals surface area contributed by atoms with Gasteiger partial charge in [0.25, 0.3) is 5.92 Å². The van der Waals surface area contributed by atoms with Crippen LogP contribution in [-0.2, 0) is 24.0 Å². The smallest absolute Gasteiger partial charge is 0.258 e. The van der Waals surface area contributed by atoms with Crippen molar-refractivity contribution in [3.05, 3.63) is 0 Å². The summed E-state index contributed by atoms with van der Waals surface area (Å²) in [6.45, 7) is 31.7. The summed E-state index contributed by atoms with van der Waals surface area (Å²) in [4.78, 5) is 54.7. The molecule has 49 heavy (non-hydrogen) atoms. The Morgan fingerprint density at radius 3 is 1.24 bits per heavy atom. The lowest BCUT2D eigenvalue weighted by Gasteiger charge is -2.16. The molecule has 1 unspecified atom stereocenters. The van der Waals surface area contributed by atoms with E-state index in [2.05, 4.69) is 46.9 Å². The van der Waals surface area contributed by atoms with Gasteiger partial charge < -0.3 is 15.2 Å². The normalized spacial score (nSPS) is 16.8. The van der Waals surface area contributed by atoms with Crippen LogP contribution in [0.2, 0.25) is 0 Å². The molecule has 2 aliphatic carbocycles. The maximum Gasteiger partial charge on any atom is 0.258 e. The Morgan fingerprint density at radius 2 is 1.04 bits per heavy atom. The number of nitrogens with one attached hydrogen (secondary N) is 1. The quantitative estimate of drug-likeness (QED) is 0.247. The Kier molecular flexibility index (Phi) is 22.4. The third kappa shape index (κ3) is 35.6. The van der Waals surface area contributed by atoms with E-state index in [0.717, 1.165) is 19.3 Å². The number of ketones is 4. The van der Waals surface area contributed by atoms with Gasteiger partial charge in [0.15, 0.2) is 0 Å². The summed E-state index contributed by atoms with van der Waals surface area (Å²) in [5, 5.41) is 11.0. The molecule has 0 aromatic heterocycles. The van der Waals surface area contributed by atoms with Crippen LogP contribution in [0.4, 0.5) is 8.78 Å². The zero-order valence-electron chi connectivity index (χ0n) is 34.5. The highest BCUT2D eigenvalue weighted by atomic mass is 19.3. The maximum absolute atomic E-state index is 12.4. The van der Waals surface area contributed by atoms with Gasteiger partial charge in [-0.2, -0.15) is 0 Å². The summed E-state index contributed by atoms with van der Waals surface area (Å²) in [6, 6.07) is 0. The highest BCUT2D eigenvalue weighted by Gasteiger charge is 2.60. The minimum absolute atomic E-state index is 0.0810. The molecular formula is C40H75F2NO6. The van der Waals surface area contributed by atoms with E-state index in [4.69, 9.17) is 5.11 Å². The predicted octanol–water partition coefficient (Wildman–Crippen LogP) is 9.60. The molecule has 0 heterocycles. The summed E-state index contributed by atoms with van der Waals surface area (Å²) in [5.41, 5.74) is 0.0442. The molecule has 9 heteroatoms. The Labute approximate surface area is 298 Å². The van der Waals surface area contributed by atoms with Gasteiger partial charge in [-0.3, -0.25) is 19.2 Å². The average molecular weight is 704 g/mol. The Bertz CT molecular complexity index is 1030. The SMILES string of the molecule is CC(=O)CC(C)(C)C.CC(C)(C)CC(=O)C1CC1.CC(C)(C)CC(=O)C1CC1(F)F.CC(C)(C)CC(=O)CCCO.CNC(=O)C(C)(C)C. The van der Waals surface area contributed by atoms with Crippen molar-refractivity contribution in [2.24, 2.45) is 38.9 Å². The molecule has 290 valence electrons. The van der Waals surface area contributed by atoms with Gasteiger partial charge in [-0.1, -0.05) is 104 Å². The molecule has 0 aromatic carbocycles. The largest absolute Gasteiger partial charge is 0.396 e. The molecule has 0 saturated heterocycles. The van der Waals surface area contributed by atoms with Crippen LogP contribution in [-0.4, -0.2) is 53.7 Å². The minimum atomic E-state index is -2.69. The van der Waals surface area contributed by atoms with Crippen LogP contribution in [0.5, 0.6) is 0 Å². The summed E-state index contributed by atoms with van der Waals surface area (Å²) < 4.78 is 24.8. The molecule has 0 aromatic rings. The highest BCUT2D eigenvalue weighted by molar-refractivity contribution is 5.85. The standard InChI is InChI=1S/C9H14F2O.C9H18O2.C9H16O.C7H14O.C6H13NO/c1-8(2,3)5-7(12)6-4-9(6,10)11;1-9(2,3)7-8(11)5-4-6-10;1-9(2,3)6-8(10)7-4-5-7;1-6(8)5-7(2,3)4;1-6(2,3)5(8)7-4/h6H,4-5H2,1-3H3;10H,4-7H2,1-3H3;7H,4-6H2,1-3H3;5H2,1-4H3;1-4H3,(H,7,8). The fourth-order valence-electron chi connectivity index (χ4n) is 4.36. The van der Waals surface area contributed by atoms with E-state index in [0.29, 0.717) is 37.4 Å². The van der Waals surface area contributed by atoms with Gasteiger partial charge in [-0.15, -0.1) is 0 Å². The van der Waals surface area contributed by atoms with Crippen molar-refractivity contribution >= 4 is 29.0 Å². The van der Waals surface area contributed by atoms with Crippen LogP contribution >= 0.6 is 0 Å². The molecule has 0 aliphatic heterocycles. The number of aliphatic hydroxyl groups is 1. The van der Waals surface area contributed by atoms with E-state index >= 15 is 0 Å². The highest BCUT2D eigenvalue weighted by Crippen LogP contribution is 2.50. The molecular weight excluding hydrogens is 628 g/mol. The summed E-state index contributed by atoms with van der Waals surface area (Å²) in [5.74, 6) is -2.42. The van der Waals surface area contributed by atoms with Gasteiger partial charge in [-0.25, -0.2) is 8.78 Å². The molecule has 0 radical (unpaired) electrons. The first-order chi connectivity index (χ1) is 21.6. The van der Waals surface area contributed by atoms with E-state index in [-0.39, 0.29) is 69.8 Å². The molecule has 0 spiro atoms. The summed E-state index contributed by atoms with van der Waals surface area (Å²) in [6.07, 6.45) is 5.51. The molecule has 2 saturated carbocycles. The number of hydrogen-bond acceptors (Lipinski definition) is 6. The van der Waals surface area contributed by atoms with Gasteiger partial charge in [0.1, 0.15) is 23.1 Å². The van der Waals surface area contributed by atoms with Crippen molar-refractivity contribution < 1.29 is 37.9 Å². The van der Waals surface area contributed by atoms with Crippen LogP contribution in [0.15, 0.2) is 0 Å². The molecule has 2 rings (SSSR count). The predicted molar refractivity (Wildman–Crippen MR) is 198 cm³/mol. The van der Waals surface area contributed by atoms with Gasteiger partial charge >= 0.3 is 0 Å². The van der Waals surface area contributed by atoms with Crippen molar-refractivity contribution in [1.29, 1.82) is 0 Å². The van der Waals surface area contributed by atoms with E-state index < -0.39 is 11.8 Å². The van der Waals surface area contributed by atoms with E-state index in [1.54, 1.807) is 14.0 Å². The number of carbonyl (C=O) groups is 5. The topological polar surface area (TPSA) is 118 Å². The van der Waals surface area contributed by atoms with Gasteiger partial charge in [0, 0.05) is 63.5 Å². The molecule has 7 nitrogen and oxygen atoms in total. The summed E-state index contributed by atoms with van der Waals surface area (Å²) in [7, 11) is 1.65. The van der Waals surface area contributed by atoms with Crippen LogP contribution in [0, 0.1) is 38.9 Å². The monoisotopic (exact) mass is 704 g/mol. The van der Waals surface area contributed by atoms with E-state index in [1.807, 2.05) is 62.3 Å². The van der Waals surface area contributed by atoms with E-state index in [9.17, 15) is 32.8 Å². The van der Waals surface area contributed by atoms with Crippen LogP contribution in [0.1, 0.15) is 169 Å². The molecule has 2 aliphatic rings. The van der Waals surface area contributed by atoms with Crippen LogP contribution in [0.25, 0.3) is 0 Å². The lowest BCUT2D eigenvalue weighted by Crippen LogP contribution is -2.31. The van der Waals surface area contributed by atoms with Crippen molar-refractivity contribution in [2.75, 3.05) is 13.7 Å². The van der Waals surface area contributed by atoms with Gasteiger partial charge in [0.2, 0.25) is 5.91 Å². The van der Waals surface area contributed by atoms with Gasteiger partial charge in [-0.05, 0) is 47.8 Å². The van der Waals surface area contributed by atoms with E-state index in [1.165, 1.54) is 0 Å². The third-order valence-electron chi connectivity index (χ3n) is 6.69. The lowest BCUT2D eigenvalue weighted by molar-refractivity contribution is -0.128. The number of rotatable bonds is 9. The minimum Gasteiger partial charge on any atom is -0.396 e. The molecule has 2 fully saturated rings. The van der Waals surface area contributed by atoms with Crippen LogP contribution < -0.4 is 5.32 Å². The van der Waals surface area contributed by atoms with Crippen molar-refractivity contribution in [2.45, 2.75) is 174 Å². The Balaban J connectivity index is -0.000000545. The van der Waals surface area contributed by atoms with Crippen LogP contribution in [0.3, 0.4) is 0 Å². The van der Waals surface area contributed by atoms with Gasteiger partial charge in [0.05, 0.1) is 5.92 Å². The Morgan fingerprint density at radius 1 is 0.673 bits per heavy atom. The summed E-state index contributed by atoms with van der Waals surface area (Å²) >= 11 is 0. The second-order valence-electron chi connectivity index (χ2n) is 19.6. The Hall–Kier alpha value is -2.03. The molecule has 1 amide bonds. The zero-order valence-corrected chi connectivity index (χ0v) is 34.5. The number of Topliss-reactive ketones (excluding diaryl/α,β-unsaturated/α-hetero) is 4. The first-order valence-corrected chi connectivity index (χ1v) is 17.8. The fourth-order valence-corrected chi connectivity index (χ4v) is 4.36. The molecule has 2 N–H and O–H groups in total. The average Bonchev–Trinajstić information content (AvgIpc) is 3.75. The van der Waals surface area contributed by atoms with Crippen molar-refractivity contribution in [3.63, 3.8) is 0 Å². The lowest BCUT2D eigenvalue weighted by atomic mass is 9.88. The number of aliphatic hydroxyl groups excluding tert-OH is 1.